The Labute approximate surface area is 108 Å². The molecule has 0 bridgehead atoms. The van der Waals surface area contributed by atoms with Gasteiger partial charge in [0.05, 0.1) is 12.1 Å². The van der Waals surface area contributed by atoms with Gasteiger partial charge >= 0.3 is 0 Å². The van der Waals surface area contributed by atoms with E-state index in [9.17, 15) is 9.90 Å². The Morgan fingerprint density at radius 2 is 2.06 bits per heavy atom. The fraction of sp³-hybridized carbons (Fsp3) is 0.500. The molecule has 1 aliphatic rings. The second-order valence-corrected chi connectivity index (χ2v) is 5.05. The molecule has 1 fully saturated rings. The molecule has 0 radical (unpaired) electrons. The van der Waals surface area contributed by atoms with Gasteiger partial charge < -0.3 is 10.0 Å². The molecule has 0 aromatic heterocycles. The van der Waals surface area contributed by atoms with Gasteiger partial charge in [-0.05, 0) is 12.0 Å². The SMILES string of the molecule is CN(C)C(=O)[C@@H]1CC(O)CN1Cc1ccccc1. The summed E-state index contributed by atoms with van der Waals surface area (Å²) < 4.78 is 0. The molecule has 1 unspecified atom stereocenters. The van der Waals surface area contributed by atoms with E-state index in [1.54, 1.807) is 19.0 Å². The number of aliphatic hydroxyl groups excluding tert-OH is 1. The molecule has 2 atom stereocenters. The molecule has 4 heteroatoms. The molecule has 1 aromatic rings. The van der Waals surface area contributed by atoms with Crippen LogP contribution in [0.2, 0.25) is 0 Å². The summed E-state index contributed by atoms with van der Waals surface area (Å²) in [5.41, 5.74) is 1.17. The summed E-state index contributed by atoms with van der Waals surface area (Å²) in [6.45, 7) is 1.28. The molecule has 1 heterocycles. The van der Waals surface area contributed by atoms with Crippen molar-refractivity contribution >= 4 is 5.91 Å². The van der Waals surface area contributed by atoms with E-state index in [0.29, 0.717) is 19.5 Å². The van der Waals surface area contributed by atoms with Crippen molar-refractivity contribution < 1.29 is 9.90 Å². The molecule has 0 saturated carbocycles. The zero-order valence-corrected chi connectivity index (χ0v) is 10.9. The number of likely N-dealkylation sites (N-methyl/N-ethyl adjacent to an activating group) is 1. The van der Waals surface area contributed by atoms with Crippen LogP contribution in [-0.4, -0.2) is 53.6 Å². The van der Waals surface area contributed by atoms with E-state index in [4.69, 9.17) is 0 Å². The van der Waals surface area contributed by atoms with Crippen molar-refractivity contribution in [3.63, 3.8) is 0 Å². The summed E-state index contributed by atoms with van der Waals surface area (Å²) >= 11 is 0. The van der Waals surface area contributed by atoms with E-state index in [1.807, 2.05) is 30.3 Å². The Kier molecular flexibility index (Phi) is 3.99. The highest BCUT2D eigenvalue weighted by molar-refractivity contribution is 5.81. The van der Waals surface area contributed by atoms with Crippen LogP contribution in [0.3, 0.4) is 0 Å². The minimum Gasteiger partial charge on any atom is -0.392 e. The molecule has 1 aromatic carbocycles. The van der Waals surface area contributed by atoms with Crippen LogP contribution in [0.5, 0.6) is 0 Å². The van der Waals surface area contributed by atoms with Crippen molar-refractivity contribution in [2.24, 2.45) is 0 Å². The van der Waals surface area contributed by atoms with Crippen LogP contribution in [0.15, 0.2) is 30.3 Å². The van der Waals surface area contributed by atoms with Crippen LogP contribution in [0.4, 0.5) is 0 Å². The zero-order chi connectivity index (χ0) is 13.1. The summed E-state index contributed by atoms with van der Waals surface area (Å²) in [6, 6.07) is 9.85. The number of carbonyl (C=O) groups excluding carboxylic acids is 1. The van der Waals surface area contributed by atoms with Crippen molar-refractivity contribution in [2.45, 2.75) is 25.1 Å². The Morgan fingerprint density at radius 1 is 1.39 bits per heavy atom. The molecular formula is C14H20N2O2. The Morgan fingerprint density at radius 3 is 2.67 bits per heavy atom. The van der Waals surface area contributed by atoms with Crippen molar-refractivity contribution in [1.82, 2.24) is 9.80 Å². The van der Waals surface area contributed by atoms with Gasteiger partial charge in [-0.3, -0.25) is 9.69 Å². The summed E-state index contributed by atoms with van der Waals surface area (Å²) in [5, 5.41) is 9.77. The fourth-order valence-corrected chi connectivity index (χ4v) is 2.43. The molecule has 1 saturated heterocycles. The highest BCUT2D eigenvalue weighted by atomic mass is 16.3. The van der Waals surface area contributed by atoms with Crippen LogP contribution < -0.4 is 0 Å². The third-order valence-electron chi connectivity index (χ3n) is 3.34. The Hall–Kier alpha value is -1.39. The largest absolute Gasteiger partial charge is 0.392 e. The number of β-amino-alcohol motifs (C(OH)–C–C–N with tert-alkyl or cyclic N) is 1. The lowest BCUT2D eigenvalue weighted by Crippen LogP contribution is -2.42. The number of hydrogen-bond acceptors (Lipinski definition) is 3. The minimum atomic E-state index is -0.400. The third kappa shape index (κ3) is 2.89. The van der Waals surface area contributed by atoms with Crippen LogP contribution in [0.1, 0.15) is 12.0 Å². The van der Waals surface area contributed by atoms with Crippen LogP contribution in [0, 0.1) is 0 Å². The molecular weight excluding hydrogens is 228 g/mol. The van der Waals surface area contributed by atoms with Gasteiger partial charge in [0, 0.05) is 27.2 Å². The Bertz CT molecular complexity index is 406. The molecule has 0 spiro atoms. The number of amides is 1. The van der Waals surface area contributed by atoms with Crippen molar-refractivity contribution in [2.75, 3.05) is 20.6 Å². The van der Waals surface area contributed by atoms with Gasteiger partial charge in [-0.1, -0.05) is 30.3 Å². The fourth-order valence-electron chi connectivity index (χ4n) is 2.43. The standard InChI is InChI=1S/C14H20N2O2/c1-15(2)14(18)13-8-12(17)10-16(13)9-11-6-4-3-5-7-11/h3-7,12-13,17H,8-10H2,1-2H3/t12?,13-/m0/s1. The van der Waals surface area contributed by atoms with E-state index in [2.05, 4.69) is 4.90 Å². The molecule has 1 amide bonds. The van der Waals surface area contributed by atoms with Crippen LogP contribution >= 0.6 is 0 Å². The van der Waals surface area contributed by atoms with Crippen LogP contribution in [-0.2, 0) is 11.3 Å². The average Bonchev–Trinajstić information content (AvgIpc) is 2.70. The summed E-state index contributed by atoms with van der Waals surface area (Å²) in [5.74, 6) is 0.0717. The maximum atomic E-state index is 12.1. The maximum absolute atomic E-state index is 12.1. The first-order valence-electron chi connectivity index (χ1n) is 6.25. The van der Waals surface area contributed by atoms with Gasteiger partial charge in [0.15, 0.2) is 0 Å². The van der Waals surface area contributed by atoms with Gasteiger partial charge in [-0.15, -0.1) is 0 Å². The number of carbonyl (C=O) groups is 1. The molecule has 2 rings (SSSR count). The van der Waals surface area contributed by atoms with Gasteiger partial charge in [0.2, 0.25) is 5.91 Å². The predicted octanol–water partition coefficient (Wildman–Crippen LogP) is 0.710. The smallest absolute Gasteiger partial charge is 0.239 e. The van der Waals surface area contributed by atoms with Crippen molar-refractivity contribution in [3.8, 4) is 0 Å². The lowest BCUT2D eigenvalue weighted by molar-refractivity contribution is -0.133. The third-order valence-corrected chi connectivity index (χ3v) is 3.34. The van der Waals surface area contributed by atoms with Crippen molar-refractivity contribution in [3.05, 3.63) is 35.9 Å². The number of benzene rings is 1. The molecule has 4 nitrogen and oxygen atoms in total. The summed E-state index contributed by atoms with van der Waals surface area (Å²) in [4.78, 5) is 15.7. The number of rotatable bonds is 3. The number of likely N-dealkylation sites (tertiary alicyclic amines) is 1. The minimum absolute atomic E-state index is 0.0717. The van der Waals surface area contributed by atoms with E-state index >= 15 is 0 Å². The van der Waals surface area contributed by atoms with E-state index in [-0.39, 0.29) is 11.9 Å². The monoisotopic (exact) mass is 248 g/mol. The maximum Gasteiger partial charge on any atom is 0.239 e. The summed E-state index contributed by atoms with van der Waals surface area (Å²) in [7, 11) is 3.52. The molecule has 1 aliphatic heterocycles. The first-order valence-corrected chi connectivity index (χ1v) is 6.25. The average molecular weight is 248 g/mol. The molecule has 18 heavy (non-hydrogen) atoms. The summed E-state index contributed by atoms with van der Waals surface area (Å²) in [6.07, 6.45) is 0.131. The lowest BCUT2D eigenvalue weighted by atomic mass is 10.1. The highest BCUT2D eigenvalue weighted by Crippen LogP contribution is 2.21. The second kappa shape index (κ2) is 5.50. The molecule has 0 aliphatic carbocycles. The molecule has 98 valence electrons. The van der Waals surface area contributed by atoms with E-state index in [1.165, 1.54) is 5.56 Å². The van der Waals surface area contributed by atoms with E-state index in [0.717, 1.165) is 0 Å². The zero-order valence-electron chi connectivity index (χ0n) is 10.9. The highest BCUT2D eigenvalue weighted by Gasteiger charge is 2.36. The quantitative estimate of drug-likeness (QED) is 0.857. The molecule has 1 N–H and O–H groups in total. The second-order valence-electron chi connectivity index (χ2n) is 5.05. The number of nitrogens with zero attached hydrogens (tertiary/aromatic N) is 2. The van der Waals surface area contributed by atoms with Gasteiger partial charge in [0.1, 0.15) is 0 Å². The van der Waals surface area contributed by atoms with Gasteiger partial charge in [-0.2, -0.15) is 0 Å². The first kappa shape index (κ1) is 13.1. The first-order chi connectivity index (χ1) is 8.58. The predicted molar refractivity (Wildman–Crippen MR) is 70.0 cm³/mol. The van der Waals surface area contributed by atoms with Gasteiger partial charge in [-0.25, -0.2) is 0 Å². The number of aliphatic hydroxyl groups is 1. The Balaban J connectivity index is 2.08. The van der Waals surface area contributed by atoms with Crippen molar-refractivity contribution in [1.29, 1.82) is 0 Å². The van der Waals surface area contributed by atoms with Gasteiger partial charge in [0.25, 0.3) is 0 Å². The number of hydrogen-bond donors (Lipinski definition) is 1. The lowest BCUT2D eigenvalue weighted by Gasteiger charge is -2.25. The normalized spacial score (nSPS) is 24.2. The van der Waals surface area contributed by atoms with Crippen LogP contribution in [0.25, 0.3) is 0 Å². The topological polar surface area (TPSA) is 43.8 Å². The van der Waals surface area contributed by atoms with E-state index < -0.39 is 6.10 Å².